The van der Waals surface area contributed by atoms with Crippen LogP contribution in [0.1, 0.15) is 20.7 Å². The number of amides is 1. The van der Waals surface area contributed by atoms with Gasteiger partial charge in [0.05, 0.1) is 16.8 Å². The van der Waals surface area contributed by atoms with Crippen molar-refractivity contribution in [1.29, 1.82) is 0 Å². The van der Waals surface area contributed by atoms with E-state index < -0.39 is 17.7 Å². The number of aromatic carboxylic acids is 1. The zero-order valence-corrected chi connectivity index (χ0v) is 10.3. The average molecular weight is 274 g/mol. The first-order valence-corrected chi connectivity index (χ1v) is 5.67. The van der Waals surface area contributed by atoms with Gasteiger partial charge in [-0.2, -0.15) is 0 Å². The van der Waals surface area contributed by atoms with Crippen LogP contribution in [0.3, 0.4) is 0 Å². The van der Waals surface area contributed by atoms with Gasteiger partial charge >= 0.3 is 5.97 Å². The summed E-state index contributed by atoms with van der Waals surface area (Å²) in [4.78, 5) is 22.8. The molecule has 0 heterocycles. The Bertz CT molecular complexity index is 686. The van der Waals surface area contributed by atoms with E-state index in [2.05, 4.69) is 5.32 Å². The summed E-state index contributed by atoms with van der Waals surface area (Å²) < 4.78 is 13.6. The Hall–Kier alpha value is -2.89. The first kappa shape index (κ1) is 13.5. The van der Waals surface area contributed by atoms with Crippen LogP contribution in [0.5, 0.6) is 0 Å². The molecule has 0 radical (unpaired) electrons. The normalized spacial score (nSPS) is 10.1. The molecule has 2 aromatic rings. The molecule has 0 unspecified atom stereocenters. The van der Waals surface area contributed by atoms with Gasteiger partial charge in [0.25, 0.3) is 5.91 Å². The predicted octanol–water partition coefficient (Wildman–Crippen LogP) is 2.36. The van der Waals surface area contributed by atoms with Crippen molar-refractivity contribution in [2.45, 2.75) is 0 Å². The summed E-state index contributed by atoms with van der Waals surface area (Å²) in [5, 5.41) is 11.1. The number of rotatable bonds is 3. The Morgan fingerprint density at radius 2 is 1.85 bits per heavy atom. The zero-order valence-electron chi connectivity index (χ0n) is 10.3. The van der Waals surface area contributed by atoms with Crippen LogP contribution in [0, 0.1) is 5.82 Å². The third-order valence-corrected chi connectivity index (χ3v) is 2.67. The third kappa shape index (κ3) is 2.74. The lowest BCUT2D eigenvalue weighted by atomic mass is 10.1. The molecular formula is C14H11FN2O3. The minimum atomic E-state index is -1.21. The predicted molar refractivity (Wildman–Crippen MR) is 72.2 cm³/mol. The molecule has 0 saturated heterocycles. The summed E-state index contributed by atoms with van der Waals surface area (Å²) in [6.45, 7) is 0. The quantitative estimate of drug-likeness (QED) is 0.749. The summed E-state index contributed by atoms with van der Waals surface area (Å²) in [7, 11) is 0. The Morgan fingerprint density at radius 1 is 1.15 bits per heavy atom. The summed E-state index contributed by atoms with van der Waals surface area (Å²) >= 11 is 0. The van der Waals surface area contributed by atoms with Crippen LogP contribution < -0.4 is 11.1 Å². The van der Waals surface area contributed by atoms with Gasteiger partial charge in [-0.15, -0.1) is 0 Å². The molecular weight excluding hydrogens is 263 g/mol. The molecule has 4 N–H and O–H groups in total. The van der Waals surface area contributed by atoms with E-state index >= 15 is 0 Å². The molecule has 0 bridgehead atoms. The smallest absolute Gasteiger partial charge is 0.335 e. The van der Waals surface area contributed by atoms with Crippen LogP contribution in [0.2, 0.25) is 0 Å². The molecule has 0 saturated carbocycles. The number of nitrogens with one attached hydrogen (secondary N) is 1. The molecule has 102 valence electrons. The molecule has 0 aliphatic heterocycles. The molecule has 0 atom stereocenters. The molecule has 6 heteroatoms. The molecule has 2 aromatic carbocycles. The SMILES string of the molecule is Nc1ccccc1C(=O)Nc1cc(C(=O)O)ccc1F. The fourth-order valence-electron chi connectivity index (χ4n) is 1.65. The molecule has 5 nitrogen and oxygen atoms in total. The van der Waals surface area contributed by atoms with E-state index in [9.17, 15) is 14.0 Å². The molecule has 1 amide bonds. The highest BCUT2D eigenvalue weighted by Crippen LogP contribution is 2.19. The van der Waals surface area contributed by atoms with Crippen LogP contribution >= 0.6 is 0 Å². The fourth-order valence-corrected chi connectivity index (χ4v) is 1.65. The van der Waals surface area contributed by atoms with Crippen LogP contribution in [0.25, 0.3) is 0 Å². The van der Waals surface area contributed by atoms with Gasteiger partial charge in [-0.1, -0.05) is 12.1 Å². The standard InChI is InChI=1S/C14H11FN2O3/c15-10-6-5-8(14(19)20)7-12(10)17-13(18)9-3-1-2-4-11(9)16/h1-7H,16H2,(H,17,18)(H,19,20). The second-order valence-corrected chi connectivity index (χ2v) is 4.04. The van der Waals surface area contributed by atoms with Gasteiger partial charge in [-0.3, -0.25) is 4.79 Å². The highest BCUT2D eigenvalue weighted by Gasteiger charge is 2.13. The highest BCUT2D eigenvalue weighted by molar-refractivity contribution is 6.08. The van der Waals surface area contributed by atoms with Crippen LogP contribution in [-0.2, 0) is 0 Å². The summed E-state index contributed by atoms with van der Waals surface area (Å²) in [6, 6.07) is 9.46. The molecule has 0 aliphatic rings. The van der Waals surface area contributed by atoms with Crippen molar-refractivity contribution in [3.63, 3.8) is 0 Å². The van der Waals surface area contributed by atoms with Gasteiger partial charge in [0.15, 0.2) is 0 Å². The molecule has 20 heavy (non-hydrogen) atoms. The van der Waals surface area contributed by atoms with Crippen molar-refractivity contribution >= 4 is 23.3 Å². The topological polar surface area (TPSA) is 92.4 Å². The molecule has 0 aromatic heterocycles. The second kappa shape index (κ2) is 5.40. The van der Waals surface area contributed by atoms with Crippen molar-refractivity contribution in [3.05, 3.63) is 59.4 Å². The Kier molecular flexibility index (Phi) is 3.65. The van der Waals surface area contributed by atoms with Crippen molar-refractivity contribution in [3.8, 4) is 0 Å². The van der Waals surface area contributed by atoms with Gasteiger partial charge in [-0.05, 0) is 30.3 Å². The number of benzene rings is 2. The number of nitrogens with two attached hydrogens (primary N) is 1. The summed E-state index contributed by atoms with van der Waals surface area (Å²) in [6.07, 6.45) is 0. The van der Waals surface area contributed by atoms with E-state index in [4.69, 9.17) is 10.8 Å². The van der Waals surface area contributed by atoms with Crippen LogP contribution in [0.4, 0.5) is 15.8 Å². The Balaban J connectivity index is 2.30. The minimum Gasteiger partial charge on any atom is -0.478 e. The highest BCUT2D eigenvalue weighted by atomic mass is 19.1. The number of anilines is 2. The first-order valence-electron chi connectivity index (χ1n) is 5.67. The van der Waals surface area contributed by atoms with E-state index in [1.807, 2.05) is 0 Å². The van der Waals surface area contributed by atoms with E-state index in [0.29, 0.717) is 0 Å². The first-order chi connectivity index (χ1) is 9.49. The van der Waals surface area contributed by atoms with E-state index in [1.165, 1.54) is 6.07 Å². The maximum Gasteiger partial charge on any atom is 0.335 e. The number of carboxylic acid groups (broad SMARTS) is 1. The van der Waals surface area contributed by atoms with Gasteiger partial charge in [0.2, 0.25) is 0 Å². The fraction of sp³-hybridized carbons (Fsp3) is 0. The van der Waals surface area contributed by atoms with Crippen molar-refractivity contribution in [2.24, 2.45) is 0 Å². The lowest BCUT2D eigenvalue weighted by molar-refractivity contribution is 0.0696. The van der Waals surface area contributed by atoms with Gasteiger partial charge in [0, 0.05) is 5.69 Å². The lowest BCUT2D eigenvalue weighted by Crippen LogP contribution is -2.15. The van der Waals surface area contributed by atoms with E-state index in [-0.39, 0.29) is 22.5 Å². The van der Waals surface area contributed by atoms with E-state index in [1.54, 1.807) is 18.2 Å². The molecule has 0 spiro atoms. The number of nitrogen functional groups attached to an aromatic ring is 1. The molecule has 2 rings (SSSR count). The zero-order chi connectivity index (χ0) is 14.7. The number of carbonyl (C=O) groups is 2. The summed E-state index contributed by atoms with van der Waals surface area (Å²) in [5.41, 5.74) is 5.75. The van der Waals surface area contributed by atoms with Gasteiger partial charge in [0.1, 0.15) is 5.82 Å². The number of para-hydroxylation sites is 1. The van der Waals surface area contributed by atoms with Gasteiger partial charge < -0.3 is 16.2 Å². The summed E-state index contributed by atoms with van der Waals surface area (Å²) in [5.74, 6) is -2.54. The maximum atomic E-state index is 13.6. The number of hydrogen-bond acceptors (Lipinski definition) is 3. The van der Waals surface area contributed by atoms with E-state index in [0.717, 1.165) is 18.2 Å². The monoisotopic (exact) mass is 274 g/mol. The second-order valence-electron chi connectivity index (χ2n) is 4.04. The maximum absolute atomic E-state index is 13.6. The third-order valence-electron chi connectivity index (χ3n) is 2.67. The number of carboxylic acids is 1. The Morgan fingerprint density at radius 3 is 2.50 bits per heavy atom. The minimum absolute atomic E-state index is 0.122. The molecule has 0 aliphatic carbocycles. The van der Waals surface area contributed by atoms with Crippen LogP contribution in [0.15, 0.2) is 42.5 Å². The number of halogens is 1. The van der Waals surface area contributed by atoms with Gasteiger partial charge in [-0.25, -0.2) is 9.18 Å². The Labute approximate surface area is 113 Å². The average Bonchev–Trinajstić information content (AvgIpc) is 2.41. The lowest BCUT2D eigenvalue weighted by Gasteiger charge is -2.09. The number of carbonyl (C=O) groups excluding carboxylic acids is 1. The molecule has 0 fully saturated rings. The van der Waals surface area contributed by atoms with Crippen molar-refractivity contribution < 1.29 is 19.1 Å². The van der Waals surface area contributed by atoms with Crippen LogP contribution in [-0.4, -0.2) is 17.0 Å². The van der Waals surface area contributed by atoms with Crippen molar-refractivity contribution in [2.75, 3.05) is 11.1 Å². The number of hydrogen-bond donors (Lipinski definition) is 3. The largest absolute Gasteiger partial charge is 0.478 e. The van der Waals surface area contributed by atoms with Crippen molar-refractivity contribution in [1.82, 2.24) is 0 Å².